The van der Waals surface area contributed by atoms with Crippen LogP contribution in [0.25, 0.3) is 0 Å². The first-order valence-electron chi connectivity index (χ1n) is 8.88. The van der Waals surface area contributed by atoms with Crippen LogP contribution in [-0.4, -0.2) is 42.6 Å². The fraction of sp³-hybridized carbons (Fsp3) is 0.333. The molecule has 6 nitrogen and oxygen atoms in total. The summed E-state index contributed by atoms with van der Waals surface area (Å²) in [7, 11) is 3.14. The van der Waals surface area contributed by atoms with Gasteiger partial charge in [0.15, 0.2) is 0 Å². The maximum atomic E-state index is 13.0. The first-order chi connectivity index (χ1) is 13.4. The summed E-state index contributed by atoms with van der Waals surface area (Å²) >= 11 is 0. The smallest absolute Gasteiger partial charge is 0.323 e. The van der Waals surface area contributed by atoms with Crippen molar-refractivity contribution >= 4 is 11.9 Å². The molecule has 0 bridgehead atoms. The highest BCUT2D eigenvalue weighted by Crippen LogP contribution is 2.26. The lowest BCUT2D eigenvalue weighted by Crippen LogP contribution is -2.35. The third-order valence-corrected chi connectivity index (χ3v) is 4.30. The van der Waals surface area contributed by atoms with Gasteiger partial charge in [0.25, 0.3) is 0 Å². The van der Waals surface area contributed by atoms with Crippen molar-refractivity contribution in [1.82, 2.24) is 4.90 Å². The molecule has 1 amide bonds. The number of carboxylic acid groups (broad SMARTS) is 1. The monoisotopic (exact) mass is 389 g/mol. The number of aliphatic carboxylic acids is 1. The van der Waals surface area contributed by atoms with E-state index in [1.807, 2.05) is 12.1 Å². The lowest BCUT2D eigenvalue weighted by molar-refractivity contribution is -0.144. The van der Waals surface area contributed by atoms with Gasteiger partial charge in [-0.1, -0.05) is 18.2 Å². The maximum Gasteiger partial charge on any atom is 0.323 e. The van der Waals surface area contributed by atoms with Crippen molar-refractivity contribution in [2.75, 3.05) is 20.8 Å². The van der Waals surface area contributed by atoms with E-state index < -0.39 is 12.5 Å². The summed E-state index contributed by atoms with van der Waals surface area (Å²) in [6.07, 6.45) is 1.35. The molecule has 0 unspecified atom stereocenters. The van der Waals surface area contributed by atoms with Crippen molar-refractivity contribution < 1.29 is 28.6 Å². The van der Waals surface area contributed by atoms with Crippen LogP contribution in [0.5, 0.6) is 11.5 Å². The summed E-state index contributed by atoms with van der Waals surface area (Å²) in [5, 5.41) is 9.09. The first kappa shape index (κ1) is 21.2. The molecule has 0 aliphatic carbocycles. The van der Waals surface area contributed by atoms with Crippen LogP contribution < -0.4 is 9.47 Å². The average Bonchev–Trinajstić information content (AvgIpc) is 2.68. The second kappa shape index (κ2) is 10.3. The lowest BCUT2D eigenvalue weighted by atomic mass is 10.1. The van der Waals surface area contributed by atoms with Gasteiger partial charge in [-0.25, -0.2) is 4.39 Å². The van der Waals surface area contributed by atoms with E-state index in [0.29, 0.717) is 29.9 Å². The zero-order valence-electron chi connectivity index (χ0n) is 16.0. The van der Waals surface area contributed by atoms with Crippen molar-refractivity contribution in [2.45, 2.75) is 25.8 Å². The van der Waals surface area contributed by atoms with E-state index in [0.717, 1.165) is 5.56 Å². The number of carbonyl (C=O) groups excluding carboxylic acids is 1. The van der Waals surface area contributed by atoms with Gasteiger partial charge in [-0.05, 0) is 42.2 Å². The molecular formula is C21H24FNO5. The van der Waals surface area contributed by atoms with Gasteiger partial charge in [0.1, 0.15) is 23.9 Å². The van der Waals surface area contributed by atoms with Crippen LogP contribution in [0.1, 0.15) is 24.0 Å². The van der Waals surface area contributed by atoms with E-state index in [-0.39, 0.29) is 24.7 Å². The van der Waals surface area contributed by atoms with Crippen molar-refractivity contribution in [2.24, 2.45) is 0 Å². The Morgan fingerprint density at radius 3 is 2.39 bits per heavy atom. The van der Waals surface area contributed by atoms with E-state index in [4.69, 9.17) is 14.6 Å². The Hall–Kier alpha value is -3.09. The summed E-state index contributed by atoms with van der Waals surface area (Å²) in [6, 6.07) is 11.1. The fourth-order valence-corrected chi connectivity index (χ4v) is 2.85. The van der Waals surface area contributed by atoms with Gasteiger partial charge in [-0.2, -0.15) is 0 Å². The molecule has 28 heavy (non-hydrogen) atoms. The van der Waals surface area contributed by atoms with Crippen LogP contribution in [0.15, 0.2) is 42.5 Å². The summed E-state index contributed by atoms with van der Waals surface area (Å²) in [4.78, 5) is 24.9. The van der Waals surface area contributed by atoms with Crippen molar-refractivity contribution in [3.05, 3.63) is 59.4 Å². The highest BCUT2D eigenvalue weighted by Gasteiger charge is 2.17. The maximum absolute atomic E-state index is 13.0. The Morgan fingerprint density at radius 1 is 1.07 bits per heavy atom. The molecule has 0 atom stereocenters. The molecule has 1 N–H and O–H groups in total. The van der Waals surface area contributed by atoms with Crippen molar-refractivity contribution in [1.29, 1.82) is 0 Å². The minimum absolute atomic E-state index is 0.122. The van der Waals surface area contributed by atoms with E-state index >= 15 is 0 Å². The number of hydrogen-bond acceptors (Lipinski definition) is 4. The van der Waals surface area contributed by atoms with Gasteiger partial charge >= 0.3 is 5.97 Å². The zero-order chi connectivity index (χ0) is 20.5. The normalized spacial score (nSPS) is 10.4. The number of rotatable bonds is 10. The second-order valence-corrected chi connectivity index (χ2v) is 6.30. The van der Waals surface area contributed by atoms with E-state index in [9.17, 15) is 14.0 Å². The molecule has 0 spiro atoms. The topological polar surface area (TPSA) is 76.1 Å². The standard InChI is InChI=1S/C21H24FNO5/c1-27-18-11-8-16(19(12-18)28-2)4-3-5-20(24)23(14-21(25)26)13-15-6-9-17(22)10-7-15/h6-12H,3-5,13-14H2,1-2H3,(H,25,26). The van der Waals surface area contributed by atoms with Gasteiger partial charge in [0, 0.05) is 19.0 Å². The number of ether oxygens (including phenoxy) is 2. The van der Waals surface area contributed by atoms with Gasteiger partial charge in [-0.3, -0.25) is 9.59 Å². The van der Waals surface area contributed by atoms with E-state index in [1.165, 1.54) is 17.0 Å². The number of carbonyl (C=O) groups is 2. The minimum atomic E-state index is -1.09. The van der Waals surface area contributed by atoms with E-state index in [2.05, 4.69) is 0 Å². The highest BCUT2D eigenvalue weighted by molar-refractivity contribution is 5.81. The molecule has 0 saturated carbocycles. The summed E-state index contributed by atoms with van der Waals surface area (Å²) < 4.78 is 23.6. The van der Waals surface area contributed by atoms with Gasteiger partial charge < -0.3 is 19.5 Å². The lowest BCUT2D eigenvalue weighted by Gasteiger charge is -2.21. The Morgan fingerprint density at radius 2 is 1.79 bits per heavy atom. The number of aryl methyl sites for hydroxylation is 1. The molecule has 0 fully saturated rings. The third kappa shape index (κ3) is 6.26. The number of hydrogen-bond donors (Lipinski definition) is 1. The summed E-state index contributed by atoms with van der Waals surface area (Å²) in [5.41, 5.74) is 1.62. The summed E-state index contributed by atoms with van der Waals surface area (Å²) in [6.45, 7) is -0.278. The average molecular weight is 389 g/mol. The molecule has 0 aliphatic rings. The van der Waals surface area contributed by atoms with Gasteiger partial charge in [0.05, 0.1) is 14.2 Å². The SMILES string of the molecule is COc1ccc(CCCC(=O)N(CC(=O)O)Cc2ccc(F)cc2)c(OC)c1. The molecule has 150 valence electrons. The molecule has 0 heterocycles. The number of halogens is 1. The number of amides is 1. The first-order valence-corrected chi connectivity index (χ1v) is 8.88. The second-order valence-electron chi connectivity index (χ2n) is 6.30. The largest absolute Gasteiger partial charge is 0.497 e. The van der Waals surface area contributed by atoms with Crippen LogP contribution in [0.4, 0.5) is 4.39 Å². The summed E-state index contributed by atoms with van der Waals surface area (Å²) in [5.74, 6) is -0.371. The van der Waals surface area contributed by atoms with Crippen LogP contribution in [0.3, 0.4) is 0 Å². The van der Waals surface area contributed by atoms with Gasteiger partial charge in [-0.15, -0.1) is 0 Å². The molecule has 2 rings (SSSR count). The zero-order valence-corrected chi connectivity index (χ0v) is 16.0. The molecule has 0 aromatic heterocycles. The Bertz CT molecular complexity index is 807. The Labute approximate surface area is 163 Å². The Kier molecular flexibility index (Phi) is 7.80. The molecule has 0 saturated heterocycles. The van der Waals surface area contributed by atoms with E-state index in [1.54, 1.807) is 32.4 Å². The van der Waals surface area contributed by atoms with Crippen molar-refractivity contribution in [3.63, 3.8) is 0 Å². The number of benzene rings is 2. The predicted molar refractivity (Wildman–Crippen MR) is 102 cm³/mol. The van der Waals surface area contributed by atoms with Crippen LogP contribution in [0.2, 0.25) is 0 Å². The molecule has 2 aromatic carbocycles. The number of methoxy groups -OCH3 is 2. The third-order valence-electron chi connectivity index (χ3n) is 4.30. The van der Waals surface area contributed by atoms with Crippen LogP contribution >= 0.6 is 0 Å². The number of nitrogens with zero attached hydrogens (tertiary/aromatic N) is 1. The Balaban J connectivity index is 1.97. The van der Waals surface area contributed by atoms with Gasteiger partial charge in [0.2, 0.25) is 5.91 Å². The van der Waals surface area contributed by atoms with Crippen molar-refractivity contribution in [3.8, 4) is 11.5 Å². The van der Waals surface area contributed by atoms with Crippen LogP contribution in [-0.2, 0) is 22.6 Å². The molecule has 2 aromatic rings. The van der Waals surface area contributed by atoms with Crippen LogP contribution in [0, 0.1) is 5.82 Å². The molecular weight excluding hydrogens is 365 g/mol. The fourth-order valence-electron chi connectivity index (χ4n) is 2.85. The number of carboxylic acids is 1. The quantitative estimate of drug-likeness (QED) is 0.675. The predicted octanol–water partition coefficient (Wildman–Crippen LogP) is 3.28. The molecule has 0 radical (unpaired) electrons. The molecule has 0 aliphatic heterocycles. The highest BCUT2D eigenvalue weighted by atomic mass is 19.1. The minimum Gasteiger partial charge on any atom is -0.497 e. The molecule has 7 heteroatoms.